The Kier molecular flexibility index (Phi) is 37.9. The van der Waals surface area contributed by atoms with Crippen LogP contribution in [0.5, 0.6) is 0 Å². The Balaban J connectivity index is 4.48. The van der Waals surface area contributed by atoms with Crippen molar-refractivity contribution in [2.75, 3.05) is 40.9 Å². The number of likely N-dealkylation sites (N-methyl/N-ethyl adjacent to an activating group) is 1. The van der Waals surface area contributed by atoms with Gasteiger partial charge >= 0.3 is 7.82 Å². The van der Waals surface area contributed by atoms with E-state index >= 15 is 0 Å². The number of hydrogen-bond donors (Lipinski definition) is 3. The van der Waals surface area contributed by atoms with Crippen molar-refractivity contribution in [2.24, 2.45) is 0 Å². The number of carbonyl (C=O) groups excluding carboxylic acids is 1. The van der Waals surface area contributed by atoms with Gasteiger partial charge in [-0.1, -0.05) is 165 Å². The lowest BCUT2D eigenvalue weighted by Crippen LogP contribution is -2.45. The topological polar surface area (TPSA) is 105 Å². The van der Waals surface area contributed by atoms with Crippen molar-refractivity contribution < 1.29 is 32.9 Å². The van der Waals surface area contributed by atoms with Crippen molar-refractivity contribution in [3.8, 4) is 0 Å². The van der Waals surface area contributed by atoms with Crippen LogP contribution in [0.15, 0.2) is 48.6 Å². The number of quaternary nitrogens is 1. The highest BCUT2D eigenvalue weighted by molar-refractivity contribution is 7.47. The van der Waals surface area contributed by atoms with Gasteiger partial charge in [0.15, 0.2) is 0 Å². The number of aliphatic hydroxyl groups excluding tert-OH is 1. The van der Waals surface area contributed by atoms with Gasteiger partial charge in [-0.3, -0.25) is 13.8 Å². The van der Waals surface area contributed by atoms with E-state index in [0.717, 1.165) is 57.8 Å². The Labute approximate surface area is 346 Å². The maximum Gasteiger partial charge on any atom is 0.472 e. The zero-order valence-corrected chi connectivity index (χ0v) is 38.0. The second-order valence-corrected chi connectivity index (χ2v) is 18.2. The summed E-state index contributed by atoms with van der Waals surface area (Å²) >= 11 is 0. The molecule has 0 aromatic rings. The Morgan fingerprint density at radius 3 is 1.43 bits per heavy atom. The predicted octanol–water partition coefficient (Wildman–Crippen LogP) is 12.9. The van der Waals surface area contributed by atoms with E-state index < -0.39 is 20.0 Å². The quantitative estimate of drug-likeness (QED) is 0.0246. The summed E-state index contributed by atoms with van der Waals surface area (Å²) in [6, 6.07) is -0.876. The molecule has 0 saturated carbocycles. The number of allylic oxidation sites excluding steroid dienone is 7. The van der Waals surface area contributed by atoms with Gasteiger partial charge in [-0.2, -0.15) is 0 Å². The van der Waals surface area contributed by atoms with E-state index in [1.54, 1.807) is 6.08 Å². The SMILES string of the molecule is CCCCCCCC/C=C\CCCCCC(=O)NC(COP(=O)(O)OCC[N+](C)(C)C)C(O)/C=C/CC/C=C/CC/C=C/CCCCCCCCCCCCC. The average molecular weight is 810 g/mol. The van der Waals surface area contributed by atoms with Crippen LogP contribution in [0.3, 0.4) is 0 Å². The molecule has 56 heavy (non-hydrogen) atoms. The molecule has 0 aliphatic carbocycles. The Bertz CT molecular complexity index is 1050. The van der Waals surface area contributed by atoms with Gasteiger partial charge in [0, 0.05) is 6.42 Å². The van der Waals surface area contributed by atoms with Crippen LogP contribution in [0, 0.1) is 0 Å². The van der Waals surface area contributed by atoms with Gasteiger partial charge in [-0.25, -0.2) is 4.57 Å². The van der Waals surface area contributed by atoms with E-state index in [1.807, 2.05) is 27.2 Å². The molecule has 0 bridgehead atoms. The number of nitrogens with zero attached hydrogens (tertiary/aromatic N) is 1. The minimum absolute atomic E-state index is 0.0498. The zero-order valence-electron chi connectivity index (χ0n) is 37.1. The van der Waals surface area contributed by atoms with Crippen LogP contribution in [0.25, 0.3) is 0 Å². The normalized spacial score (nSPS) is 14.8. The third-order valence-corrected chi connectivity index (χ3v) is 11.0. The van der Waals surface area contributed by atoms with Crippen molar-refractivity contribution in [3.63, 3.8) is 0 Å². The van der Waals surface area contributed by atoms with Crippen molar-refractivity contribution in [2.45, 2.75) is 206 Å². The van der Waals surface area contributed by atoms with E-state index in [9.17, 15) is 19.4 Å². The summed E-state index contributed by atoms with van der Waals surface area (Å²) in [5.41, 5.74) is 0. The Hall–Kier alpha value is -1.54. The van der Waals surface area contributed by atoms with Crippen LogP contribution in [-0.4, -0.2) is 73.4 Å². The van der Waals surface area contributed by atoms with Gasteiger partial charge in [0.05, 0.1) is 39.9 Å². The fourth-order valence-corrected chi connectivity index (χ4v) is 7.04. The van der Waals surface area contributed by atoms with Gasteiger partial charge < -0.3 is 19.8 Å². The second-order valence-electron chi connectivity index (χ2n) is 16.8. The highest BCUT2D eigenvalue weighted by Gasteiger charge is 2.27. The molecule has 0 rings (SSSR count). The smallest absolute Gasteiger partial charge is 0.387 e. The summed E-state index contributed by atoms with van der Waals surface area (Å²) < 4.78 is 23.5. The van der Waals surface area contributed by atoms with Gasteiger partial charge in [0.2, 0.25) is 5.91 Å². The molecule has 0 aliphatic heterocycles. The van der Waals surface area contributed by atoms with Crippen LogP contribution in [0.2, 0.25) is 0 Å². The number of hydrogen-bond acceptors (Lipinski definition) is 5. The zero-order chi connectivity index (χ0) is 41.4. The van der Waals surface area contributed by atoms with Gasteiger partial charge in [-0.05, 0) is 70.6 Å². The molecule has 0 aromatic carbocycles. The molecule has 0 heterocycles. The van der Waals surface area contributed by atoms with Gasteiger partial charge in [-0.15, -0.1) is 0 Å². The second kappa shape index (κ2) is 38.9. The maximum atomic E-state index is 12.8. The van der Waals surface area contributed by atoms with Crippen LogP contribution in [0.1, 0.15) is 194 Å². The fraction of sp³-hybridized carbons (Fsp3) is 0.809. The van der Waals surface area contributed by atoms with Crippen molar-refractivity contribution in [3.05, 3.63) is 48.6 Å². The van der Waals surface area contributed by atoms with Crippen LogP contribution in [0.4, 0.5) is 0 Å². The number of rotatable bonds is 41. The first-order valence-corrected chi connectivity index (χ1v) is 24.5. The first-order chi connectivity index (χ1) is 27.0. The Morgan fingerprint density at radius 2 is 0.982 bits per heavy atom. The average Bonchev–Trinajstić information content (AvgIpc) is 3.15. The fourth-order valence-electron chi connectivity index (χ4n) is 6.30. The molecule has 0 fully saturated rings. The van der Waals surface area contributed by atoms with E-state index in [0.29, 0.717) is 17.4 Å². The lowest BCUT2D eigenvalue weighted by Gasteiger charge is -2.25. The third-order valence-electron chi connectivity index (χ3n) is 10.00. The lowest BCUT2D eigenvalue weighted by atomic mass is 10.1. The van der Waals surface area contributed by atoms with Gasteiger partial charge in [0.1, 0.15) is 13.2 Å². The number of carbonyl (C=O) groups is 1. The molecule has 1 amide bonds. The molecule has 0 aromatic heterocycles. The minimum Gasteiger partial charge on any atom is -0.387 e. The summed E-state index contributed by atoms with van der Waals surface area (Å²) in [4.78, 5) is 23.1. The van der Waals surface area contributed by atoms with Crippen LogP contribution in [-0.2, 0) is 18.4 Å². The molecule has 8 nitrogen and oxygen atoms in total. The molecular weight excluding hydrogens is 719 g/mol. The van der Waals surface area contributed by atoms with Crippen LogP contribution < -0.4 is 5.32 Å². The molecule has 0 saturated heterocycles. The highest BCUT2D eigenvalue weighted by Crippen LogP contribution is 2.43. The molecule has 3 atom stereocenters. The summed E-state index contributed by atoms with van der Waals surface area (Å²) in [5.74, 6) is -0.209. The number of unbranched alkanes of at least 4 members (excludes halogenated alkanes) is 22. The molecular formula is C47H90N2O6P+. The number of phosphoric acid groups is 1. The summed E-state index contributed by atoms with van der Waals surface area (Å²) in [6.07, 6.45) is 49.1. The number of amides is 1. The maximum absolute atomic E-state index is 12.8. The third kappa shape index (κ3) is 40.6. The van der Waals surface area contributed by atoms with Crippen LogP contribution >= 0.6 is 7.82 Å². The largest absolute Gasteiger partial charge is 0.472 e. The number of nitrogens with one attached hydrogen (secondary N) is 1. The predicted molar refractivity (Wildman–Crippen MR) is 240 cm³/mol. The molecule has 9 heteroatoms. The van der Waals surface area contributed by atoms with E-state index in [2.05, 4.69) is 55.6 Å². The van der Waals surface area contributed by atoms with Gasteiger partial charge in [0.25, 0.3) is 0 Å². The molecule has 328 valence electrons. The molecule has 3 N–H and O–H groups in total. The van der Waals surface area contributed by atoms with E-state index in [1.165, 1.54) is 116 Å². The molecule has 0 radical (unpaired) electrons. The van der Waals surface area contributed by atoms with Crippen molar-refractivity contribution >= 4 is 13.7 Å². The number of phosphoric ester groups is 1. The van der Waals surface area contributed by atoms with Crippen molar-refractivity contribution in [1.82, 2.24) is 5.32 Å². The first-order valence-electron chi connectivity index (χ1n) is 23.0. The standard InChI is InChI=1S/C47H89N2O6P/c1-6-8-10-12-14-16-18-20-21-22-23-24-25-26-27-29-30-32-34-36-38-40-46(50)45(44-55-56(52,53)54-43-42-49(3,4)5)48-47(51)41-39-37-35-33-31-28-19-17-15-13-11-9-7-2/h25-26,28,30-32,38,40,45-46,50H,6-24,27,29,33-37,39,41-44H2,1-5H3,(H-,48,51,52,53)/p+1/b26-25+,31-28-,32-30+,40-38+. The highest BCUT2D eigenvalue weighted by atomic mass is 31.2. The minimum atomic E-state index is -4.35. The van der Waals surface area contributed by atoms with E-state index in [-0.39, 0.29) is 19.1 Å². The molecule has 3 unspecified atom stereocenters. The van der Waals surface area contributed by atoms with Crippen molar-refractivity contribution in [1.29, 1.82) is 0 Å². The molecule has 0 aliphatic rings. The number of aliphatic hydroxyl groups is 1. The summed E-state index contributed by atoms with van der Waals surface area (Å²) in [5, 5.41) is 13.8. The molecule has 0 spiro atoms. The first kappa shape index (κ1) is 54.5. The summed E-state index contributed by atoms with van der Waals surface area (Å²) in [7, 11) is 1.53. The summed E-state index contributed by atoms with van der Waals surface area (Å²) in [6.45, 7) is 4.75. The lowest BCUT2D eigenvalue weighted by molar-refractivity contribution is -0.870. The monoisotopic (exact) mass is 810 g/mol. The Morgan fingerprint density at radius 1 is 0.589 bits per heavy atom. The van der Waals surface area contributed by atoms with E-state index in [4.69, 9.17) is 9.05 Å².